The van der Waals surface area contributed by atoms with Crippen molar-refractivity contribution in [3.05, 3.63) is 53.3 Å². The summed E-state index contributed by atoms with van der Waals surface area (Å²) in [4.78, 5) is 4.17. The summed E-state index contributed by atoms with van der Waals surface area (Å²) in [5.41, 5.74) is 10.9. The molecule has 0 spiro atoms. The molecule has 4 heteroatoms. The Labute approximate surface area is 117 Å². The molecule has 0 fully saturated rings. The normalized spacial score (nSPS) is 14.8. The first-order valence-corrected chi connectivity index (χ1v) is 6.90. The number of hydrogen-bond donors (Lipinski definition) is 1. The molecule has 0 saturated heterocycles. The first kappa shape index (κ1) is 11.5. The Morgan fingerprint density at radius 2 is 1.85 bits per heavy atom. The summed E-state index contributed by atoms with van der Waals surface area (Å²) in [6.45, 7) is 2.00. The molecule has 2 heterocycles. The first-order valence-electron chi connectivity index (χ1n) is 6.90. The molecule has 1 aromatic carbocycles. The summed E-state index contributed by atoms with van der Waals surface area (Å²) in [6, 6.07) is 11.0. The van der Waals surface area contributed by atoms with Gasteiger partial charge in [0.1, 0.15) is 5.82 Å². The van der Waals surface area contributed by atoms with Crippen LogP contribution in [0.25, 0.3) is 10.9 Å². The standard InChI is InChI=1S/C16H16N4/c1-10-15-14(6-7-18-16(15)17)20(19-10)13-8-11-4-2-3-5-12(11)9-13/h2-7,13H,8-9H2,1H3,(H2,17,18). The maximum Gasteiger partial charge on any atom is 0.134 e. The highest BCUT2D eigenvalue weighted by molar-refractivity contribution is 5.90. The topological polar surface area (TPSA) is 56.7 Å². The SMILES string of the molecule is Cc1nn(C2Cc3ccccc3C2)c2ccnc(N)c12. The van der Waals surface area contributed by atoms with Gasteiger partial charge < -0.3 is 5.73 Å². The second kappa shape index (κ2) is 4.07. The average molecular weight is 264 g/mol. The van der Waals surface area contributed by atoms with Crippen LogP contribution in [-0.4, -0.2) is 14.8 Å². The minimum atomic E-state index is 0.380. The number of anilines is 1. The van der Waals surface area contributed by atoms with E-state index < -0.39 is 0 Å². The molecule has 3 aromatic rings. The van der Waals surface area contributed by atoms with E-state index in [1.54, 1.807) is 6.20 Å². The Morgan fingerprint density at radius 1 is 1.15 bits per heavy atom. The molecular weight excluding hydrogens is 248 g/mol. The van der Waals surface area contributed by atoms with Crippen LogP contribution in [0.4, 0.5) is 5.82 Å². The monoisotopic (exact) mass is 264 g/mol. The van der Waals surface area contributed by atoms with E-state index in [1.165, 1.54) is 11.1 Å². The third kappa shape index (κ3) is 1.54. The fourth-order valence-corrected chi connectivity index (χ4v) is 3.28. The summed E-state index contributed by atoms with van der Waals surface area (Å²) in [5.74, 6) is 0.571. The number of nitrogens with two attached hydrogens (primary N) is 1. The van der Waals surface area contributed by atoms with E-state index in [0.717, 1.165) is 29.4 Å². The summed E-state index contributed by atoms with van der Waals surface area (Å²) in [6.07, 6.45) is 3.83. The Hall–Kier alpha value is -2.36. The van der Waals surface area contributed by atoms with Crippen LogP contribution in [0.2, 0.25) is 0 Å². The number of nitrogens with zero attached hydrogens (tertiary/aromatic N) is 3. The Morgan fingerprint density at radius 3 is 2.55 bits per heavy atom. The number of nitrogen functional groups attached to an aromatic ring is 1. The Kier molecular flexibility index (Phi) is 2.33. The molecule has 4 rings (SSSR count). The minimum absolute atomic E-state index is 0.380. The number of aryl methyl sites for hydroxylation is 1. The van der Waals surface area contributed by atoms with Gasteiger partial charge in [0.15, 0.2) is 0 Å². The van der Waals surface area contributed by atoms with Gasteiger partial charge in [-0.05, 0) is 37.0 Å². The summed E-state index contributed by atoms with van der Waals surface area (Å²) in [5, 5.41) is 5.70. The van der Waals surface area contributed by atoms with Crippen molar-refractivity contribution >= 4 is 16.7 Å². The van der Waals surface area contributed by atoms with Gasteiger partial charge in [-0.3, -0.25) is 4.68 Å². The van der Waals surface area contributed by atoms with Crippen molar-refractivity contribution in [1.29, 1.82) is 0 Å². The van der Waals surface area contributed by atoms with Gasteiger partial charge in [0, 0.05) is 6.20 Å². The van der Waals surface area contributed by atoms with Crippen molar-refractivity contribution < 1.29 is 0 Å². The van der Waals surface area contributed by atoms with Gasteiger partial charge in [-0.25, -0.2) is 4.98 Å². The van der Waals surface area contributed by atoms with Crippen LogP contribution in [-0.2, 0) is 12.8 Å². The van der Waals surface area contributed by atoms with Crippen LogP contribution in [0, 0.1) is 6.92 Å². The van der Waals surface area contributed by atoms with Crippen molar-refractivity contribution in [3.8, 4) is 0 Å². The van der Waals surface area contributed by atoms with Crippen molar-refractivity contribution in [2.24, 2.45) is 0 Å². The van der Waals surface area contributed by atoms with E-state index >= 15 is 0 Å². The van der Waals surface area contributed by atoms with Crippen molar-refractivity contribution in [1.82, 2.24) is 14.8 Å². The van der Waals surface area contributed by atoms with E-state index in [1.807, 2.05) is 13.0 Å². The number of aromatic nitrogens is 3. The van der Waals surface area contributed by atoms with Gasteiger partial charge in [0.05, 0.1) is 22.6 Å². The lowest BCUT2D eigenvalue weighted by Gasteiger charge is -2.11. The molecule has 0 atom stereocenters. The molecule has 0 unspecified atom stereocenters. The molecule has 0 aliphatic heterocycles. The van der Waals surface area contributed by atoms with Gasteiger partial charge >= 0.3 is 0 Å². The zero-order valence-corrected chi connectivity index (χ0v) is 11.4. The van der Waals surface area contributed by atoms with E-state index in [0.29, 0.717) is 11.9 Å². The molecule has 0 radical (unpaired) electrons. The molecule has 1 aliphatic rings. The predicted octanol–water partition coefficient (Wildman–Crippen LogP) is 2.66. The summed E-state index contributed by atoms with van der Waals surface area (Å²) >= 11 is 0. The smallest absolute Gasteiger partial charge is 0.134 e. The quantitative estimate of drug-likeness (QED) is 0.735. The number of pyridine rings is 1. The molecule has 2 aromatic heterocycles. The molecule has 0 bridgehead atoms. The number of fused-ring (bicyclic) bond motifs is 2. The summed E-state index contributed by atoms with van der Waals surface area (Å²) < 4.78 is 2.13. The third-order valence-electron chi connectivity index (χ3n) is 4.20. The number of rotatable bonds is 1. The Balaban J connectivity index is 1.84. The fraction of sp³-hybridized carbons (Fsp3) is 0.250. The molecule has 4 nitrogen and oxygen atoms in total. The number of hydrogen-bond acceptors (Lipinski definition) is 3. The first-order chi connectivity index (χ1) is 9.74. The second-order valence-electron chi connectivity index (χ2n) is 5.45. The van der Waals surface area contributed by atoms with Crippen LogP contribution in [0.15, 0.2) is 36.5 Å². The highest BCUT2D eigenvalue weighted by atomic mass is 15.3. The van der Waals surface area contributed by atoms with Gasteiger partial charge in [0.25, 0.3) is 0 Å². The van der Waals surface area contributed by atoms with Gasteiger partial charge in [-0.1, -0.05) is 24.3 Å². The van der Waals surface area contributed by atoms with E-state index in [9.17, 15) is 0 Å². The average Bonchev–Trinajstić information content (AvgIpc) is 3.00. The predicted molar refractivity (Wildman–Crippen MR) is 79.6 cm³/mol. The maximum atomic E-state index is 5.99. The van der Waals surface area contributed by atoms with Gasteiger partial charge in [-0.15, -0.1) is 0 Å². The van der Waals surface area contributed by atoms with Crippen molar-refractivity contribution in [2.75, 3.05) is 5.73 Å². The molecule has 2 N–H and O–H groups in total. The Bertz CT molecular complexity index is 778. The van der Waals surface area contributed by atoms with Crippen LogP contribution >= 0.6 is 0 Å². The number of benzene rings is 1. The molecule has 100 valence electrons. The molecule has 0 amide bonds. The molecular formula is C16H16N4. The molecule has 20 heavy (non-hydrogen) atoms. The lowest BCUT2D eigenvalue weighted by Crippen LogP contribution is -2.10. The van der Waals surface area contributed by atoms with Crippen LogP contribution < -0.4 is 5.73 Å². The largest absolute Gasteiger partial charge is 0.383 e. The van der Waals surface area contributed by atoms with Crippen LogP contribution in [0.3, 0.4) is 0 Å². The highest BCUT2D eigenvalue weighted by Gasteiger charge is 2.25. The third-order valence-corrected chi connectivity index (χ3v) is 4.20. The van der Waals surface area contributed by atoms with E-state index in [-0.39, 0.29) is 0 Å². The lowest BCUT2D eigenvalue weighted by atomic mass is 10.1. The molecule has 1 aliphatic carbocycles. The van der Waals surface area contributed by atoms with E-state index in [2.05, 4.69) is 33.9 Å². The van der Waals surface area contributed by atoms with Gasteiger partial charge in [-0.2, -0.15) is 5.10 Å². The zero-order chi connectivity index (χ0) is 13.7. The van der Waals surface area contributed by atoms with Crippen LogP contribution in [0.5, 0.6) is 0 Å². The fourth-order valence-electron chi connectivity index (χ4n) is 3.28. The van der Waals surface area contributed by atoms with Crippen molar-refractivity contribution in [2.45, 2.75) is 25.8 Å². The van der Waals surface area contributed by atoms with Gasteiger partial charge in [0.2, 0.25) is 0 Å². The maximum absolute atomic E-state index is 5.99. The van der Waals surface area contributed by atoms with Crippen molar-refractivity contribution in [3.63, 3.8) is 0 Å². The highest BCUT2D eigenvalue weighted by Crippen LogP contribution is 2.33. The lowest BCUT2D eigenvalue weighted by molar-refractivity contribution is 0.488. The van der Waals surface area contributed by atoms with Crippen LogP contribution in [0.1, 0.15) is 22.9 Å². The second-order valence-corrected chi connectivity index (χ2v) is 5.45. The summed E-state index contributed by atoms with van der Waals surface area (Å²) in [7, 11) is 0. The molecule has 0 saturated carbocycles. The van der Waals surface area contributed by atoms with E-state index in [4.69, 9.17) is 10.8 Å². The zero-order valence-electron chi connectivity index (χ0n) is 11.4. The minimum Gasteiger partial charge on any atom is -0.383 e.